The Hall–Kier alpha value is -2.13. The number of piperidine rings is 1. The zero-order valence-corrected chi connectivity index (χ0v) is 24.1. The van der Waals surface area contributed by atoms with Crippen molar-refractivity contribution in [3.63, 3.8) is 0 Å². The van der Waals surface area contributed by atoms with Crippen molar-refractivity contribution in [3.05, 3.63) is 69.7 Å². The maximum atomic E-state index is 14.3. The van der Waals surface area contributed by atoms with Crippen molar-refractivity contribution in [2.75, 3.05) is 12.8 Å². The topological polar surface area (TPSA) is 95.0 Å². The molecule has 38 heavy (non-hydrogen) atoms. The molecular formula is C28H34Cl2N2O5S. The summed E-state index contributed by atoms with van der Waals surface area (Å²) in [7, 11) is -3.50. The van der Waals surface area contributed by atoms with Gasteiger partial charge in [0.2, 0.25) is 15.9 Å². The minimum absolute atomic E-state index is 0.0675. The van der Waals surface area contributed by atoms with Crippen molar-refractivity contribution in [3.8, 4) is 0 Å². The summed E-state index contributed by atoms with van der Waals surface area (Å²) < 4.78 is 27.0. The van der Waals surface area contributed by atoms with Gasteiger partial charge in [-0.15, -0.1) is 0 Å². The lowest BCUT2D eigenvalue weighted by Crippen LogP contribution is -2.58. The Morgan fingerprint density at radius 3 is 2.32 bits per heavy atom. The van der Waals surface area contributed by atoms with E-state index in [0.717, 1.165) is 24.0 Å². The van der Waals surface area contributed by atoms with Gasteiger partial charge in [-0.25, -0.2) is 8.42 Å². The van der Waals surface area contributed by atoms with Crippen molar-refractivity contribution in [1.82, 2.24) is 9.21 Å². The third kappa shape index (κ3) is 6.19. The average Bonchev–Trinajstić information content (AvgIpc) is 3.66. The summed E-state index contributed by atoms with van der Waals surface area (Å²) in [5.41, 5.74) is 0.550. The Balaban J connectivity index is 1.89. The van der Waals surface area contributed by atoms with Crippen molar-refractivity contribution in [1.29, 1.82) is 0 Å². The Morgan fingerprint density at radius 2 is 1.79 bits per heavy atom. The number of amides is 1. The molecule has 1 saturated carbocycles. The number of rotatable bonds is 10. The summed E-state index contributed by atoms with van der Waals surface area (Å²) in [6, 6.07) is 13.7. The second-order valence-electron chi connectivity index (χ2n) is 10.8. The van der Waals surface area contributed by atoms with Gasteiger partial charge >= 0.3 is 5.97 Å². The first-order valence-electron chi connectivity index (χ1n) is 12.9. The molecular weight excluding hydrogens is 547 g/mol. The lowest BCUT2D eigenvalue weighted by atomic mass is 9.67. The minimum atomic E-state index is -3.50. The van der Waals surface area contributed by atoms with E-state index in [-0.39, 0.29) is 30.8 Å². The number of benzene rings is 2. The fraction of sp³-hybridized carbons (Fsp3) is 0.500. The smallest absolute Gasteiger partial charge is 0.304 e. The van der Waals surface area contributed by atoms with Crippen LogP contribution in [0.5, 0.6) is 0 Å². The molecule has 2 fully saturated rings. The molecule has 206 valence electrons. The number of carbonyl (C=O) groups excluding carboxylic acids is 1. The summed E-state index contributed by atoms with van der Waals surface area (Å²) in [5.74, 6) is -1.62. The molecule has 0 spiro atoms. The van der Waals surface area contributed by atoms with Gasteiger partial charge < -0.3 is 10.0 Å². The van der Waals surface area contributed by atoms with Crippen LogP contribution in [0.15, 0.2) is 48.5 Å². The minimum Gasteiger partial charge on any atom is -0.481 e. The summed E-state index contributed by atoms with van der Waals surface area (Å²) in [6.45, 7) is 3.79. The second-order valence-corrected chi connectivity index (χ2v) is 13.6. The molecule has 1 amide bonds. The second kappa shape index (κ2) is 11.2. The molecule has 1 heterocycles. The summed E-state index contributed by atoms with van der Waals surface area (Å²) in [5, 5.41) is 10.9. The molecule has 4 atom stereocenters. The fourth-order valence-electron chi connectivity index (χ4n) is 5.82. The number of hydrogen-bond donors (Lipinski definition) is 1. The van der Waals surface area contributed by atoms with E-state index in [1.54, 1.807) is 30.0 Å². The largest absolute Gasteiger partial charge is 0.481 e. The van der Waals surface area contributed by atoms with E-state index in [4.69, 9.17) is 23.2 Å². The zero-order valence-electron chi connectivity index (χ0n) is 21.8. The summed E-state index contributed by atoms with van der Waals surface area (Å²) in [4.78, 5) is 28.1. The molecule has 0 radical (unpaired) electrons. The quantitative estimate of drug-likeness (QED) is 0.387. The van der Waals surface area contributed by atoms with Gasteiger partial charge in [0.15, 0.2) is 0 Å². The van der Waals surface area contributed by atoms with Crippen molar-refractivity contribution in [2.24, 2.45) is 5.41 Å². The molecule has 7 nitrogen and oxygen atoms in total. The Morgan fingerprint density at radius 1 is 1.13 bits per heavy atom. The lowest BCUT2D eigenvalue weighted by Gasteiger charge is -2.52. The highest BCUT2D eigenvalue weighted by atomic mass is 35.5. The zero-order chi connectivity index (χ0) is 27.8. The van der Waals surface area contributed by atoms with Crippen molar-refractivity contribution >= 4 is 45.1 Å². The van der Waals surface area contributed by atoms with Crippen LogP contribution >= 0.6 is 23.2 Å². The van der Waals surface area contributed by atoms with E-state index in [1.165, 1.54) is 10.6 Å². The third-order valence-electron chi connectivity index (χ3n) is 7.77. The van der Waals surface area contributed by atoms with Crippen LogP contribution in [-0.4, -0.2) is 59.5 Å². The van der Waals surface area contributed by atoms with Crippen molar-refractivity contribution in [2.45, 2.75) is 70.0 Å². The fourth-order valence-corrected chi connectivity index (χ4v) is 7.34. The molecule has 1 saturated heterocycles. The van der Waals surface area contributed by atoms with Crippen LogP contribution in [0.2, 0.25) is 10.0 Å². The third-order valence-corrected chi connectivity index (χ3v) is 9.55. The Labute approximate surface area is 234 Å². The molecule has 0 bridgehead atoms. The SMILES string of the molecule is CCC(CN(C1CC1)S(C)(=O)=O)N1C(=O)[C@@](C)(CC(=O)O)C[C@H](c2cccc(Cl)c2)C1c1ccc(Cl)cc1. The van der Waals surface area contributed by atoms with Gasteiger partial charge in [0.25, 0.3) is 0 Å². The first-order chi connectivity index (χ1) is 17.8. The van der Waals surface area contributed by atoms with E-state index in [1.807, 2.05) is 37.3 Å². The van der Waals surface area contributed by atoms with Crippen LogP contribution in [0.25, 0.3) is 0 Å². The molecule has 10 heteroatoms. The number of carboxylic acids is 1. The molecule has 4 rings (SSSR count). The Bertz CT molecular complexity index is 1300. The standard InChI is InChI=1S/C28H34Cl2N2O5S/c1-4-22(17-31(23-12-13-23)38(3,36)37)32-26(18-8-10-20(29)11-9-18)24(19-6-5-7-21(30)14-19)15-28(2,27(32)35)16-25(33)34/h5-11,14,22-24,26H,4,12-13,15-17H2,1-3H3,(H,33,34)/t22?,24-,26?,28-/m1/s1. The van der Waals surface area contributed by atoms with Crippen LogP contribution in [0, 0.1) is 5.41 Å². The van der Waals surface area contributed by atoms with E-state index in [0.29, 0.717) is 22.9 Å². The molecule has 2 aliphatic rings. The highest BCUT2D eigenvalue weighted by Gasteiger charge is 2.53. The van der Waals surface area contributed by atoms with E-state index in [2.05, 4.69) is 0 Å². The van der Waals surface area contributed by atoms with Crippen LogP contribution in [0.1, 0.15) is 69.0 Å². The lowest BCUT2D eigenvalue weighted by molar-refractivity contribution is -0.160. The molecule has 1 aliphatic heterocycles. The van der Waals surface area contributed by atoms with Crippen molar-refractivity contribution < 1.29 is 23.1 Å². The monoisotopic (exact) mass is 580 g/mol. The molecule has 1 aliphatic carbocycles. The average molecular weight is 582 g/mol. The highest BCUT2D eigenvalue weighted by Crippen LogP contribution is 2.52. The molecule has 2 unspecified atom stereocenters. The molecule has 2 aromatic carbocycles. The first-order valence-corrected chi connectivity index (χ1v) is 15.5. The van der Waals surface area contributed by atoms with Crippen LogP contribution in [0.3, 0.4) is 0 Å². The van der Waals surface area contributed by atoms with Gasteiger partial charge in [-0.05, 0) is 61.1 Å². The number of likely N-dealkylation sites (tertiary alicyclic amines) is 1. The van der Waals surface area contributed by atoms with Crippen LogP contribution in [-0.2, 0) is 19.6 Å². The van der Waals surface area contributed by atoms with E-state index in [9.17, 15) is 23.1 Å². The maximum Gasteiger partial charge on any atom is 0.304 e. The number of sulfonamides is 1. The van der Waals surface area contributed by atoms with Gasteiger partial charge in [-0.1, -0.05) is 61.3 Å². The summed E-state index contributed by atoms with van der Waals surface area (Å²) >= 11 is 12.6. The van der Waals surface area contributed by atoms with E-state index >= 15 is 0 Å². The number of hydrogen-bond acceptors (Lipinski definition) is 4. The normalized spacial score (nSPS) is 25.0. The van der Waals surface area contributed by atoms with Gasteiger partial charge in [-0.2, -0.15) is 4.31 Å². The van der Waals surface area contributed by atoms with Crippen LogP contribution in [0.4, 0.5) is 0 Å². The molecule has 0 aromatic heterocycles. The molecule has 1 N–H and O–H groups in total. The number of carboxylic acid groups (broad SMARTS) is 1. The Kier molecular flexibility index (Phi) is 8.48. The number of carbonyl (C=O) groups is 2. The van der Waals surface area contributed by atoms with Crippen LogP contribution < -0.4 is 0 Å². The number of halogens is 2. The number of nitrogens with zero attached hydrogens (tertiary/aromatic N) is 2. The van der Waals surface area contributed by atoms with Gasteiger partial charge in [0, 0.05) is 34.6 Å². The highest BCUT2D eigenvalue weighted by molar-refractivity contribution is 7.88. The summed E-state index contributed by atoms with van der Waals surface area (Å²) in [6.07, 6.45) is 3.26. The maximum absolute atomic E-state index is 14.3. The van der Waals surface area contributed by atoms with Gasteiger partial charge in [-0.3, -0.25) is 9.59 Å². The van der Waals surface area contributed by atoms with Gasteiger partial charge in [0.1, 0.15) is 0 Å². The molecule has 2 aromatic rings. The number of aliphatic carboxylic acids is 1. The first kappa shape index (κ1) is 28.9. The van der Waals surface area contributed by atoms with Gasteiger partial charge in [0.05, 0.1) is 24.1 Å². The predicted octanol–water partition coefficient (Wildman–Crippen LogP) is 5.73. The van der Waals surface area contributed by atoms with E-state index < -0.39 is 33.5 Å². The predicted molar refractivity (Wildman–Crippen MR) is 149 cm³/mol.